The van der Waals surface area contributed by atoms with Crippen molar-refractivity contribution < 1.29 is 14.9 Å². The van der Waals surface area contributed by atoms with Crippen LogP contribution in [0.1, 0.15) is 40.5 Å². The lowest BCUT2D eigenvalue weighted by atomic mass is 9.97. The van der Waals surface area contributed by atoms with Gasteiger partial charge in [0, 0.05) is 19.7 Å². The van der Waals surface area contributed by atoms with Crippen LogP contribution in [-0.2, 0) is 4.74 Å². The van der Waals surface area contributed by atoms with Gasteiger partial charge < -0.3 is 20.3 Å². The van der Waals surface area contributed by atoms with Gasteiger partial charge >= 0.3 is 0 Å². The zero-order valence-electron chi connectivity index (χ0n) is 11.7. The predicted octanol–water partition coefficient (Wildman–Crippen LogP) is 1.16. The normalized spacial score (nSPS) is 14.3. The average molecular weight is 247 g/mol. The number of ether oxygens (including phenoxy) is 1. The fraction of sp³-hybridized carbons (Fsp3) is 1.00. The average Bonchev–Trinajstić information content (AvgIpc) is 2.28. The number of nitrogens with one attached hydrogen (secondary N) is 1. The van der Waals surface area contributed by atoms with Crippen LogP contribution in [0.3, 0.4) is 0 Å². The van der Waals surface area contributed by atoms with Crippen LogP contribution in [0.15, 0.2) is 0 Å². The Hall–Kier alpha value is -0.160. The van der Waals surface area contributed by atoms with Crippen molar-refractivity contribution >= 4 is 0 Å². The molecule has 0 saturated heterocycles. The van der Waals surface area contributed by atoms with Gasteiger partial charge in [0.25, 0.3) is 0 Å². The minimum atomic E-state index is -0.654. The number of rotatable bonds is 10. The first-order valence-electron chi connectivity index (χ1n) is 6.62. The van der Waals surface area contributed by atoms with Crippen LogP contribution in [0.4, 0.5) is 0 Å². The molecule has 0 spiro atoms. The van der Waals surface area contributed by atoms with E-state index in [0.29, 0.717) is 32.2 Å². The van der Waals surface area contributed by atoms with Gasteiger partial charge in [0.2, 0.25) is 0 Å². The van der Waals surface area contributed by atoms with Crippen LogP contribution in [0.25, 0.3) is 0 Å². The number of hydrogen-bond acceptors (Lipinski definition) is 4. The molecule has 104 valence electrons. The molecule has 0 aliphatic carbocycles. The van der Waals surface area contributed by atoms with Gasteiger partial charge in [-0.1, -0.05) is 27.7 Å². The molecule has 1 atom stereocenters. The van der Waals surface area contributed by atoms with E-state index in [1.807, 2.05) is 13.8 Å². The molecule has 0 rings (SSSR count). The zero-order valence-corrected chi connectivity index (χ0v) is 11.7. The molecule has 0 heterocycles. The van der Waals surface area contributed by atoms with Crippen molar-refractivity contribution in [3.63, 3.8) is 0 Å². The topological polar surface area (TPSA) is 61.7 Å². The molecule has 1 unspecified atom stereocenters. The highest BCUT2D eigenvalue weighted by Gasteiger charge is 2.21. The second kappa shape index (κ2) is 8.86. The molecule has 0 fully saturated rings. The van der Waals surface area contributed by atoms with Crippen LogP contribution in [0.2, 0.25) is 0 Å². The summed E-state index contributed by atoms with van der Waals surface area (Å²) in [5.41, 5.74) is -0.654. The first kappa shape index (κ1) is 16.8. The van der Waals surface area contributed by atoms with Crippen molar-refractivity contribution in [1.82, 2.24) is 5.32 Å². The van der Waals surface area contributed by atoms with Crippen LogP contribution < -0.4 is 5.32 Å². The maximum Gasteiger partial charge on any atom is 0.0897 e. The third-order valence-electron chi connectivity index (χ3n) is 2.91. The SMILES string of the molecule is CCC(O)(CC)CNCC(O)COCC(C)C. The van der Waals surface area contributed by atoms with Crippen molar-refractivity contribution in [3.8, 4) is 0 Å². The van der Waals surface area contributed by atoms with E-state index in [0.717, 1.165) is 12.8 Å². The van der Waals surface area contributed by atoms with Crippen LogP contribution >= 0.6 is 0 Å². The standard InChI is InChI=1S/C13H29NO3/c1-5-13(16,6-2)10-14-7-12(15)9-17-8-11(3)4/h11-12,14-16H,5-10H2,1-4H3. The molecule has 0 aliphatic heterocycles. The Morgan fingerprint density at radius 2 is 1.76 bits per heavy atom. The summed E-state index contributed by atoms with van der Waals surface area (Å²) in [6.07, 6.45) is 0.930. The summed E-state index contributed by atoms with van der Waals surface area (Å²) < 4.78 is 5.34. The van der Waals surface area contributed by atoms with Crippen molar-refractivity contribution in [2.75, 3.05) is 26.3 Å². The van der Waals surface area contributed by atoms with Crippen molar-refractivity contribution in [1.29, 1.82) is 0 Å². The predicted molar refractivity (Wildman–Crippen MR) is 70.1 cm³/mol. The second-order valence-electron chi connectivity index (χ2n) is 5.15. The molecule has 17 heavy (non-hydrogen) atoms. The smallest absolute Gasteiger partial charge is 0.0897 e. The van der Waals surface area contributed by atoms with Crippen LogP contribution in [-0.4, -0.2) is 48.2 Å². The summed E-state index contributed by atoms with van der Waals surface area (Å²) >= 11 is 0. The molecule has 0 aliphatic rings. The molecule has 4 nitrogen and oxygen atoms in total. The van der Waals surface area contributed by atoms with Gasteiger partial charge in [-0.05, 0) is 18.8 Å². The summed E-state index contributed by atoms with van der Waals surface area (Å²) in [4.78, 5) is 0. The Balaban J connectivity index is 3.60. The first-order valence-corrected chi connectivity index (χ1v) is 6.62. The molecular weight excluding hydrogens is 218 g/mol. The van der Waals surface area contributed by atoms with Crippen molar-refractivity contribution in [2.24, 2.45) is 5.92 Å². The van der Waals surface area contributed by atoms with E-state index in [4.69, 9.17) is 4.74 Å². The monoisotopic (exact) mass is 247 g/mol. The van der Waals surface area contributed by atoms with E-state index in [1.165, 1.54) is 0 Å². The lowest BCUT2D eigenvalue weighted by Crippen LogP contribution is -2.42. The molecule has 0 aromatic heterocycles. The quantitative estimate of drug-likeness (QED) is 0.542. The van der Waals surface area contributed by atoms with E-state index in [-0.39, 0.29) is 0 Å². The summed E-state index contributed by atoms with van der Waals surface area (Å²) in [7, 11) is 0. The summed E-state index contributed by atoms with van der Waals surface area (Å²) in [5, 5.41) is 22.7. The highest BCUT2D eigenvalue weighted by Crippen LogP contribution is 2.12. The Labute approximate surface area is 105 Å². The number of hydrogen-bond donors (Lipinski definition) is 3. The van der Waals surface area contributed by atoms with Gasteiger partial charge in [-0.25, -0.2) is 0 Å². The zero-order chi connectivity index (χ0) is 13.3. The largest absolute Gasteiger partial charge is 0.389 e. The third kappa shape index (κ3) is 8.55. The molecule has 0 aromatic carbocycles. The lowest BCUT2D eigenvalue weighted by molar-refractivity contribution is 0.0117. The van der Waals surface area contributed by atoms with Gasteiger partial charge in [-0.3, -0.25) is 0 Å². The second-order valence-corrected chi connectivity index (χ2v) is 5.15. The lowest BCUT2D eigenvalue weighted by Gasteiger charge is -2.26. The van der Waals surface area contributed by atoms with Crippen LogP contribution in [0, 0.1) is 5.92 Å². The molecule has 0 bridgehead atoms. The first-order chi connectivity index (χ1) is 7.93. The van der Waals surface area contributed by atoms with Gasteiger partial charge in [-0.2, -0.15) is 0 Å². The van der Waals surface area contributed by atoms with E-state index in [2.05, 4.69) is 19.2 Å². The van der Waals surface area contributed by atoms with Gasteiger partial charge in [-0.15, -0.1) is 0 Å². The molecule has 0 amide bonds. The maximum atomic E-state index is 10.0. The Morgan fingerprint density at radius 1 is 1.18 bits per heavy atom. The molecule has 0 aromatic rings. The Kier molecular flexibility index (Phi) is 8.78. The minimum absolute atomic E-state index is 0.349. The molecule has 0 saturated carbocycles. The van der Waals surface area contributed by atoms with E-state index >= 15 is 0 Å². The van der Waals surface area contributed by atoms with Gasteiger partial charge in [0.15, 0.2) is 0 Å². The molecule has 0 radical (unpaired) electrons. The highest BCUT2D eigenvalue weighted by atomic mass is 16.5. The van der Waals surface area contributed by atoms with E-state index in [1.54, 1.807) is 0 Å². The Morgan fingerprint density at radius 3 is 2.24 bits per heavy atom. The van der Waals surface area contributed by atoms with Gasteiger partial charge in [0.05, 0.1) is 18.3 Å². The maximum absolute atomic E-state index is 10.0. The molecule has 4 heteroatoms. The third-order valence-corrected chi connectivity index (χ3v) is 2.91. The van der Waals surface area contributed by atoms with Crippen molar-refractivity contribution in [3.05, 3.63) is 0 Å². The highest BCUT2D eigenvalue weighted by molar-refractivity contribution is 4.78. The molecule has 3 N–H and O–H groups in total. The summed E-state index contributed by atoms with van der Waals surface area (Å²) in [6.45, 7) is 10.1. The minimum Gasteiger partial charge on any atom is -0.389 e. The number of aliphatic hydroxyl groups is 2. The number of aliphatic hydroxyl groups excluding tert-OH is 1. The Bertz CT molecular complexity index is 182. The van der Waals surface area contributed by atoms with Crippen LogP contribution in [0.5, 0.6) is 0 Å². The van der Waals surface area contributed by atoms with Gasteiger partial charge in [0.1, 0.15) is 0 Å². The molecular formula is C13H29NO3. The summed E-state index contributed by atoms with van der Waals surface area (Å²) in [5.74, 6) is 0.487. The fourth-order valence-corrected chi connectivity index (χ4v) is 1.47. The van der Waals surface area contributed by atoms with E-state index < -0.39 is 11.7 Å². The summed E-state index contributed by atoms with van der Waals surface area (Å²) in [6, 6.07) is 0. The fourth-order valence-electron chi connectivity index (χ4n) is 1.47. The van der Waals surface area contributed by atoms with Crippen molar-refractivity contribution in [2.45, 2.75) is 52.2 Å². The van der Waals surface area contributed by atoms with E-state index in [9.17, 15) is 10.2 Å².